The van der Waals surface area contributed by atoms with Crippen LogP contribution >= 0.6 is 15.9 Å². The predicted molar refractivity (Wildman–Crippen MR) is 95.2 cm³/mol. The van der Waals surface area contributed by atoms with Crippen LogP contribution in [0.5, 0.6) is 0 Å². The van der Waals surface area contributed by atoms with Crippen LogP contribution in [0.25, 0.3) is 0 Å². The van der Waals surface area contributed by atoms with Gasteiger partial charge in [-0.15, -0.1) is 0 Å². The van der Waals surface area contributed by atoms with Gasteiger partial charge in [0.05, 0.1) is 12.3 Å². The molecule has 1 rings (SSSR count). The zero-order valence-electron chi connectivity index (χ0n) is 13.9. The van der Waals surface area contributed by atoms with Crippen LogP contribution in [-0.2, 0) is 4.74 Å². The van der Waals surface area contributed by atoms with E-state index in [0.29, 0.717) is 12.1 Å². The standard InChI is InChI=1S/C17H29BrN2O/c1-6-10-19-14(4)15-8-9-17(16(18)11-15)20(7-2)13(3)12-21-5/h8-9,11,13-14,19H,6-7,10,12H2,1-5H3. The molecule has 0 spiro atoms. The van der Waals surface area contributed by atoms with Gasteiger partial charge in [0.2, 0.25) is 0 Å². The van der Waals surface area contributed by atoms with Crippen molar-refractivity contribution >= 4 is 21.6 Å². The average Bonchev–Trinajstić information content (AvgIpc) is 2.47. The summed E-state index contributed by atoms with van der Waals surface area (Å²) in [5.41, 5.74) is 2.54. The minimum absolute atomic E-state index is 0.359. The van der Waals surface area contributed by atoms with E-state index in [1.807, 2.05) is 0 Å². The van der Waals surface area contributed by atoms with E-state index in [-0.39, 0.29) is 0 Å². The second-order valence-electron chi connectivity index (χ2n) is 5.48. The number of anilines is 1. The fourth-order valence-corrected chi connectivity index (χ4v) is 3.18. The number of halogens is 1. The first-order valence-electron chi connectivity index (χ1n) is 7.83. The zero-order valence-corrected chi connectivity index (χ0v) is 15.5. The van der Waals surface area contributed by atoms with Gasteiger partial charge in [-0.1, -0.05) is 13.0 Å². The summed E-state index contributed by atoms with van der Waals surface area (Å²) in [5.74, 6) is 0. The Balaban J connectivity index is 2.90. The Morgan fingerprint density at radius 3 is 2.52 bits per heavy atom. The van der Waals surface area contributed by atoms with E-state index < -0.39 is 0 Å². The van der Waals surface area contributed by atoms with E-state index in [0.717, 1.165) is 30.6 Å². The van der Waals surface area contributed by atoms with Gasteiger partial charge < -0.3 is 15.0 Å². The van der Waals surface area contributed by atoms with E-state index in [2.05, 4.69) is 72.0 Å². The lowest BCUT2D eigenvalue weighted by atomic mass is 10.1. The van der Waals surface area contributed by atoms with E-state index in [1.54, 1.807) is 7.11 Å². The zero-order chi connectivity index (χ0) is 15.8. The molecule has 3 nitrogen and oxygen atoms in total. The summed E-state index contributed by atoms with van der Waals surface area (Å²) in [6, 6.07) is 7.39. The van der Waals surface area contributed by atoms with Crippen molar-refractivity contribution in [3.63, 3.8) is 0 Å². The van der Waals surface area contributed by atoms with Gasteiger partial charge in [-0.25, -0.2) is 0 Å². The number of hydrogen-bond acceptors (Lipinski definition) is 3. The van der Waals surface area contributed by atoms with Crippen molar-refractivity contribution in [3.05, 3.63) is 28.2 Å². The van der Waals surface area contributed by atoms with E-state index in [9.17, 15) is 0 Å². The number of nitrogens with one attached hydrogen (secondary N) is 1. The van der Waals surface area contributed by atoms with Crippen molar-refractivity contribution in [3.8, 4) is 0 Å². The molecule has 2 unspecified atom stereocenters. The largest absolute Gasteiger partial charge is 0.383 e. The summed E-state index contributed by atoms with van der Waals surface area (Å²) in [4.78, 5) is 2.36. The van der Waals surface area contributed by atoms with Gasteiger partial charge in [0.1, 0.15) is 0 Å². The Kier molecular flexibility index (Phi) is 8.30. The van der Waals surface area contributed by atoms with E-state index in [4.69, 9.17) is 4.74 Å². The second-order valence-corrected chi connectivity index (χ2v) is 6.33. The summed E-state index contributed by atoms with van der Waals surface area (Å²) < 4.78 is 6.44. The normalized spacial score (nSPS) is 14.0. The fraction of sp³-hybridized carbons (Fsp3) is 0.647. The molecule has 0 saturated heterocycles. The number of nitrogens with zero attached hydrogens (tertiary/aromatic N) is 1. The Morgan fingerprint density at radius 1 is 1.29 bits per heavy atom. The van der Waals surface area contributed by atoms with Crippen molar-refractivity contribution < 1.29 is 4.74 Å². The predicted octanol–water partition coefficient (Wildman–Crippen LogP) is 4.37. The highest BCUT2D eigenvalue weighted by Gasteiger charge is 2.16. The molecular weight excluding hydrogens is 328 g/mol. The molecule has 0 aliphatic carbocycles. The second kappa shape index (κ2) is 9.44. The molecule has 0 aliphatic heterocycles. The maximum atomic E-state index is 5.29. The third-order valence-corrected chi connectivity index (χ3v) is 4.40. The molecule has 1 N–H and O–H groups in total. The number of methoxy groups -OCH3 is 1. The molecule has 21 heavy (non-hydrogen) atoms. The third kappa shape index (κ3) is 5.28. The minimum Gasteiger partial charge on any atom is -0.383 e. The molecule has 0 radical (unpaired) electrons. The van der Waals surface area contributed by atoms with Crippen LogP contribution in [0.1, 0.15) is 45.7 Å². The first kappa shape index (κ1) is 18.5. The van der Waals surface area contributed by atoms with E-state index in [1.165, 1.54) is 11.3 Å². The summed E-state index contributed by atoms with van der Waals surface area (Å²) in [6.45, 7) is 11.5. The molecule has 1 aromatic rings. The van der Waals surface area contributed by atoms with Crippen LogP contribution in [0.2, 0.25) is 0 Å². The van der Waals surface area contributed by atoms with E-state index >= 15 is 0 Å². The monoisotopic (exact) mass is 356 g/mol. The Morgan fingerprint density at radius 2 is 2.00 bits per heavy atom. The van der Waals surface area contributed by atoms with Crippen LogP contribution in [0.4, 0.5) is 5.69 Å². The van der Waals surface area contributed by atoms with Crippen molar-refractivity contribution in [1.82, 2.24) is 5.32 Å². The SMILES string of the molecule is CCCNC(C)c1ccc(N(CC)C(C)COC)c(Br)c1. The average molecular weight is 357 g/mol. The van der Waals surface area contributed by atoms with Gasteiger partial charge in [0.15, 0.2) is 0 Å². The summed E-state index contributed by atoms with van der Waals surface area (Å²) >= 11 is 3.73. The van der Waals surface area contributed by atoms with Crippen molar-refractivity contribution in [2.24, 2.45) is 0 Å². The number of likely N-dealkylation sites (N-methyl/N-ethyl adjacent to an activating group) is 1. The molecular formula is C17H29BrN2O. The van der Waals surface area contributed by atoms with Crippen LogP contribution in [-0.4, -0.2) is 32.8 Å². The first-order chi connectivity index (χ1) is 10.0. The van der Waals surface area contributed by atoms with Crippen molar-refractivity contribution in [1.29, 1.82) is 0 Å². The highest BCUT2D eigenvalue weighted by Crippen LogP contribution is 2.30. The Labute approximate surface area is 138 Å². The fourth-order valence-electron chi connectivity index (χ4n) is 2.55. The summed E-state index contributed by atoms with van der Waals surface area (Å²) in [7, 11) is 1.75. The van der Waals surface area contributed by atoms with Gasteiger partial charge in [0, 0.05) is 30.2 Å². The maximum Gasteiger partial charge on any atom is 0.0663 e. The van der Waals surface area contributed by atoms with Gasteiger partial charge in [-0.3, -0.25) is 0 Å². The third-order valence-electron chi connectivity index (χ3n) is 3.76. The first-order valence-corrected chi connectivity index (χ1v) is 8.62. The van der Waals surface area contributed by atoms with Gasteiger partial charge >= 0.3 is 0 Å². The molecule has 0 aromatic heterocycles. The number of rotatable bonds is 9. The van der Waals surface area contributed by atoms with Crippen LogP contribution in [0.15, 0.2) is 22.7 Å². The topological polar surface area (TPSA) is 24.5 Å². The van der Waals surface area contributed by atoms with Crippen LogP contribution < -0.4 is 10.2 Å². The van der Waals surface area contributed by atoms with Gasteiger partial charge in [0.25, 0.3) is 0 Å². The number of benzene rings is 1. The highest BCUT2D eigenvalue weighted by molar-refractivity contribution is 9.10. The molecule has 120 valence electrons. The molecule has 0 fully saturated rings. The van der Waals surface area contributed by atoms with Crippen LogP contribution in [0, 0.1) is 0 Å². The summed E-state index contributed by atoms with van der Waals surface area (Å²) in [6.07, 6.45) is 1.15. The molecule has 4 heteroatoms. The number of hydrogen-bond donors (Lipinski definition) is 1. The van der Waals surface area contributed by atoms with Crippen molar-refractivity contribution in [2.75, 3.05) is 31.7 Å². The molecule has 0 aliphatic rings. The molecule has 0 bridgehead atoms. The molecule has 0 amide bonds. The van der Waals surface area contributed by atoms with Crippen molar-refractivity contribution in [2.45, 2.75) is 46.2 Å². The Bertz CT molecular complexity index is 425. The van der Waals surface area contributed by atoms with Gasteiger partial charge in [-0.2, -0.15) is 0 Å². The molecule has 0 heterocycles. The molecule has 2 atom stereocenters. The maximum absolute atomic E-state index is 5.29. The Hall–Kier alpha value is -0.580. The summed E-state index contributed by atoms with van der Waals surface area (Å²) in [5, 5.41) is 3.53. The highest BCUT2D eigenvalue weighted by atomic mass is 79.9. The van der Waals surface area contributed by atoms with Crippen LogP contribution in [0.3, 0.4) is 0 Å². The lowest BCUT2D eigenvalue weighted by Gasteiger charge is -2.31. The van der Waals surface area contributed by atoms with Gasteiger partial charge in [-0.05, 0) is 67.4 Å². The quantitative estimate of drug-likeness (QED) is 0.710. The number of ether oxygens (including phenoxy) is 1. The minimum atomic E-state index is 0.359. The molecule has 1 aromatic carbocycles. The molecule has 0 saturated carbocycles. The lowest BCUT2D eigenvalue weighted by Crippen LogP contribution is -2.36. The lowest BCUT2D eigenvalue weighted by molar-refractivity contribution is 0.182. The smallest absolute Gasteiger partial charge is 0.0663 e.